The fourth-order valence-electron chi connectivity index (χ4n) is 6.39. The maximum Gasteiger partial charge on any atom is 0.481 e. The zero-order valence-corrected chi connectivity index (χ0v) is 20.7. The van der Waals surface area contributed by atoms with Gasteiger partial charge in [0, 0.05) is 0 Å². The van der Waals surface area contributed by atoms with Crippen LogP contribution in [0.4, 0.5) is 0 Å². The molecule has 2 saturated carbocycles. The van der Waals surface area contributed by atoms with E-state index >= 15 is 0 Å². The van der Waals surface area contributed by atoms with Crippen LogP contribution in [-0.4, -0.2) is 32.0 Å². The van der Waals surface area contributed by atoms with Gasteiger partial charge in [0.05, 0.1) is 12.2 Å². The van der Waals surface area contributed by atoms with Crippen molar-refractivity contribution in [1.29, 1.82) is 0 Å². The second-order valence-corrected chi connectivity index (χ2v) is 13.5. The summed E-state index contributed by atoms with van der Waals surface area (Å²) in [6.45, 7) is 10.9. The Bertz CT molecular complexity index is 688. The summed E-state index contributed by atoms with van der Waals surface area (Å²) in [6, 6.07) is 0. The van der Waals surface area contributed by atoms with Gasteiger partial charge in [0.25, 0.3) is 0 Å². The molecule has 30 heavy (non-hydrogen) atoms. The van der Waals surface area contributed by atoms with E-state index in [0.717, 1.165) is 32.1 Å². The van der Waals surface area contributed by atoms with Crippen molar-refractivity contribution in [2.45, 2.75) is 91.6 Å². The standard InChI is InChI=1S/C20H40O8P2/c1-15(10-14-27-30(25,26)28-29(22,23)24)7-8-17-19(4)12-6-11-18(2,3)16(19)9-13-20(17,5)21/h15-17,21H,6-14H2,1-5H3,(H,25,26)(H2,22,23,24)/t15-,16-,17+,19-,20+/m0/s1. The molecule has 2 fully saturated rings. The van der Waals surface area contributed by atoms with Gasteiger partial charge in [-0.2, -0.15) is 4.31 Å². The second-order valence-electron chi connectivity index (χ2n) is 10.7. The molecule has 2 aliphatic carbocycles. The fourth-order valence-corrected chi connectivity index (χ4v) is 7.99. The lowest BCUT2D eigenvalue weighted by atomic mass is 9.45. The lowest BCUT2D eigenvalue weighted by molar-refractivity contribution is -0.170. The quantitative estimate of drug-likeness (QED) is 0.346. The Labute approximate surface area is 180 Å². The van der Waals surface area contributed by atoms with Crippen LogP contribution in [0.3, 0.4) is 0 Å². The van der Waals surface area contributed by atoms with Crippen LogP contribution in [0.5, 0.6) is 0 Å². The molecule has 4 N–H and O–H groups in total. The molecule has 8 nitrogen and oxygen atoms in total. The van der Waals surface area contributed by atoms with E-state index in [-0.39, 0.29) is 29.3 Å². The minimum Gasteiger partial charge on any atom is -0.390 e. The van der Waals surface area contributed by atoms with E-state index in [1.54, 1.807) is 0 Å². The summed E-state index contributed by atoms with van der Waals surface area (Å²) in [5.74, 6) is 0.942. The van der Waals surface area contributed by atoms with Crippen molar-refractivity contribution in [2.24, 2.45) is 28.6 Å². The minimum atomic E-state index is -5.10. The van der Waals surface area contributed by atoms with Gasteiger partial charge in [0.15, 0.2) is 0 Å². The normalized spacial score (nSPS) is 37.2. The number of rotatable bonds is 9. The van der Waals surface area contributed by atoms with Crippen LogP contribution in [0.1, 0.15) is 86.0 Å². The highest BCUT2D eigenvalue weighted by Crippen LogP contribution is 2.63. The largest absolute Gasteiger partial charge is 0.481 e. The molecule has 0 radical (unpaired) electrons. The van der Waals surface area contributed by atoms with Gasteiger partial charge in [-0.1, -0.05) is 40.5 Å². The van der Waals surface area contributed by atoms with Crippen LogP contribution in [0.25, 0.3) is 0 Å². The van der Waals surface area contributed by atoms with E-state index in [9.17, 15) is 19.1 Å². The smallest absolute Gasteiger partial charge is 0.390 e. The summed E-state index contributed by atoms with van der Waals surface area (Å²) in [6.07, 6.45) is 7.57. The van der Waals surface area contributed by atoms with Crippen LogP contribution in [0.2, 0.25) is 0 Å². The van der Waals surface area contributed by atoms with Crippen molar-refractivity contribution in [2.75, 3.05) is 6.61 Å². The minimum absolute atomic E-state index is 0.0950. The van der Waals surface area contributed by atoms with Gasteiger partial charge in [-0.3, -0.25) is 4.52 Å². The topological polar surface area (TPSA) is 134 Å². The third kappa shape index (κ3) is 6.62. The van der Waals surface area contributed by atoms with Gasteiger partial charge >= 0.3 is 15.6 Å². The van der Waals surface area contributed by atoms with Crippen LogP contribution in [0.15, 0.2) is 0 Å². The van der Waals surface area contributed by atoms with Gasteiger partial charge in [0.2, 0.25) is 0 Å². The SMILES string of the molecule is C[C@H](CCOP(=O)(O)OP(=O)(O)O)CC[C@@H]1[C@@]2(C)CCCC(C)(C)[C@@H]2CC[C@@]1(C)O. The van der Waals surface area contributed by atoms with Crippen LogP contribution >= 0.6 is 15.6 Å². The molecule has 10 heteroatoms. The van der Waals surface area contributed by atoms with Crippen LogP contribution in [0, 0.1) is 28.6 Å². The Kier molecular flexibility index (Phi) is 8.14. The zero-order chi connectivity index (χ0) is 23.0. The summed E-state index contributed by atoms with van der Waals surface area (Å²) >= 11 is 0. The van der Waals surface area contributed by atoms with Gasteiger partial charge in [-0.25, -0.2) is 9.13 Å². The van der Waals surface area contributed by atoms with E-state index in [1.807, 2.05) is 13.8 Å². The molecule has 0 spiro atoms. The molecule has 0 aromatic rings. The molecule has 1 unspecified atom stereocenters. The molecule has 178 valence electrons. The predicted molar refractivity (Wildman–Crippen MR) is 114 cm³/mol. The molecule has 2 aliphatic rings. The average molecular weight is 470 g/mol. The molecule has 0 bridgehead atoms. The van der Waals surface area contributed by atoms with Crippen molar-refractivity contribution < 1.29 is 37.8 Å². The monoisotopic (exact) mass is 470 g/mol. The summed E-state index contributed by atoms with van der Waals surface area (Å²) < 4.78 is 30.8. The van der Waals surface area contributed by atoms with Crippen LogP contribution in [-0.2, 0) is 18.0 Å². The van der Waals surface area contributed by atoms with Crippen molar-refractivity contribution >= 4 is 15.6 Å². The Morgan fingerprint density at radius 3 is 2.27 bits per heavy atom. The molecule has 6 atom stereocenters. The molecular weight excluding hydrogens is 430 g/mol. The molecule has 0 aliphatic heterocycles. The number of phosphoric ester groups is 1. The van der Waals surface area contributed by atoms with Gasteiger partial charge in [-0.05, 0) is 74.0 Å². The van der Waals surface area contributed by atoms with Crippen molar-refractivity contribution in [3.05, 3.63) is 0 Å². The first-order chi connectivity index (χ1) is 13.5. The van der Waals surface area contributed by atoms with Gasteiger partial charge < -0.3 is 19.8 Å². The van der Waals surface area contributed by atoms with Gasteiger partial charge in [-0.15, -0.1) is 0 Å². The first kappa shape index (κ1) is 26.5. The highest BCUT2D eigenvalue weighted by atomic mass is 31.3. The molecule has 0 aromatic heterocycles. The molecule has 0 aromatic carbocycles. The maximum absolute atomic E-state index is 11.5. The highest BCUT2D eigenvalue weighted by Gasteiger charge is 2.57. The molecular formula is C20H40O8P2. The highest BCUT2D eigenvalue weighted by molar-refractivity contribution is 7.60. The van der Waals surface area contributed by atoms with E-state index in [4.69, 9.17) is 9.79 Å². The average Bonchev–Trinajstić information content (AvgIpc) is 2.50. The molecule has 0 heterocycles. The number of hydrogen-bond donors (Lipinski definition) is 4. The van der Waals surface area contributed by atoms with Crippen molar-refractivity contribution in [3.8, 4) is 0 Å². The number of hydrogen-bond acceptors (Lipinski definition) is 5. The Morgan fingerprint density at radius 1 is 1.03 bits per heavy atom. The molecule has 2 rings (SSSR count). The van der Waals surface area contributed by atoms with Crippen molar-refractivity contribution in [3.63, 3.8) is 0 Å². The first-order valence-corrected chi connectivity index (χ1v) is 14.0. The lowest BCUT2D eigenvalue weighted by Crippen LogP contribution is -2.57. The Balaban J connectivity index is 1.94. The third-order valence-electron chi connectivity index (χ3n) is 7.78. The first-order valence-electron chi connectivity index (χ1n) is 11.0. The number of aliphatic hydroxyl groups is 1. The number of phosphoric acid groups is 2. The lowest BCUT2D eigenvalue weighted by Gasteiger charge is -2.61. The Morgan fingerprint density at radius 2 is 1.67 bits per heavy atom. The maximum atomic E-state index is 11.5. The summed E-state index contributed by atoms with van der Waals surface area (Å²) in [7, 11) is -9.88. The summed E-state index contributed by atoms with van der Waals surface area (Å²) in [5, 5.41) is 11.2. The predicted octanol–water partition coefficient (Wildman–Crippen LogP) is 5.01. The third-order valence-corrected chi connectivity index (χ3v) is 9.97. The summed E-state index contributed by atoms with van der Waals surface area (Å²) in [4.78, 5) is 26.7. The van der Waals surface area contributed by atoms with Crippen molar-refractivity contribution in [1.82, 2.24) is 0 Å². The van der Waals surface area contributed by atoms with E-state index in [1.165, 1.54) is 12.8 Å². The molecule has 0 saturated heterocycles. The van der Waals surface area contributed by atoms with E-state index in [0.29, 0.717) is 12.3 Å². The second kappa shape index (κ2) is 9.23. The number of fused-ring (bicyclic) bond motifs is 1. The Hall–Kier alpha value is 0.220. The van der Waals surface area contributed by atoms with E-state index in [2.05, 4.69) is 29.6 Å². The van der Waals surface area contributed by atoms with E-state index < -0.39 is 21.2 Å². The fraction of sp³-hybridized carbons (Fsp3) is 1.00. The molecule has 0 amide bonds. The van der Waals surface area contributed by atoms with Crippen LogP contribution < -0.4 is 0 Å². The summed E-state index contributed by atoms with van der Waals surface area (Å²) in [5.41, 5.74) is -0.326. The van der Waals surface area contributed by atoms with Gasteiger partial charge in [0.1, 0.15) is 0 Å². The zero-order valence-electron chi connectivity index (χ0n) is 18.9.